The van der Waals surface area contributed by atoms with E-state index in [1.807, 2.05) is 49.4 Å². The smallest absolute Gasteiger partial charge is 0.263 e. The van der Waals surface area contributed by atoms with E-state index in [0.29, 0.717) is 22.2 Å². The van der Waals surface area contributed by atoms with Crippen LogP contribution in [0.3, 0.4) is 0 Å². The van der Waals surface area contributed by atoms with Crippen molar-refractivity contribution in [2.75, 3.05) is 12.4 Å². The predicted molar refractivity (Wildman–Crippen MR) is 118 cm³/mol. The number of carbonyl (C=O) groups is 1. The Morgan fingerprint density at radius 1 is 1.03 bits per heavy atom. The molecule has 2 N–H and O–H groups in total. The average Bonchev–Trinajstić information content (AvgIpc) is 3.12. The molecule has 0 radical (unpaired) electrons. The maximum atomic E-state index is 12.7. The molecule has 0 saturated carbocycles. The van der Waals surface area contributed by atoms with Gasteiger partial charge in [0.2, 0.25) is 0 Å². The van der Waals surface area contributed by atoms with Crippen LogP contribution < -0.4 is 15.4 Å². The third-order valence-corrected chi connectivity index (χ3v) is 5.69. The van der Waals surface area contributed by atoms with Gasteiger partial charge in [-0.25, -0.2) is 4.98 Å². The van der Waals surface area contributed by atoms with Gasteiger partial charge in [-0.2, -0.15) is 0 Å². The fourth-order valence-corrected chi connectivity index (χ4v) is 4.03. The summed E-state index contributed by atoms with van der Waals surface area (Å²) in [5.74, 6) is 0.601. The Hall–Kier alpha value is -3.38. The highest BCUT2D eigenvalue weighted by molar-refractivity contribution is 7.17. The molecule has 4 aromatic rings. The Kier molecular flexibility index (Phi) is 5.44. The number of rotatable bonds is 6. The zero-order valence-electron chi connectivity index (χ0n) is 16.2. The first-order chi connectivity index (χ1) is 14.1. The summed E-state index contributed by atoms with van der Waals surface area (Å²) in [4.78, 5) is 17.8. The second-order valence-electron chi connectivity index (χ2n) is 6.62. The molecular weight excluding hydrogens is 382 g/mol. The number of fused-ring (bicyclic) bond motifs is 1. The van der Waals surface area contributed by atoms with Crippen molar-refractivity contribution >= 4 is 38.8 Å². The average molecular weight is 404 g/mol. The summed E-state index contributed by atoms with van der Waals surface area (Å²) < 4.78 is 5.36. The number of nitrogens with zero attached hydrogens (tertiary/aromatic N) is 1. The number of methoxy groups -OCH3 is 1. The SMILES string of the molecule is COc1ccccc1Nc1nc(C)c(C(=O)NCc2ccc3ccccc3c2)s1. The molecule has 0 spiro atoms. The molecule has 1 heterocycles. The quantitative estimate of drug-likeness (QED) is 0.459. The molecule has 1 aromatic heterocycles. The van der Waals surface area contributed by atoms with Crippen molar-refractivity contribution in [3.05, 3.63) is 82.9 Å². The van der Waals surface area contributed by atoms with Gasteiger partial charge in [0.15, 0.2) is 5.13 Å². The minimum absolute atomic E-state index is 0.124. The van der Waals surface area contributed by atoms with E-state index in [1.54, 1.807) is 7.11 Å². The molecule has 3 aromatic carbocycles. The van der Waals surface area contributed by atoms with Gasteiger partial charge in [0.1, 0.15) is 10.6 Å². The molecule has 0 fully saturated rings. The third kappa shape index (κ3) is 4.22. The van der Waals surface area contributed by atoms with Crippen LogP contribution in [0.15, 0.2) is 66.7 Å². The number of amides is 1. The molecule has 0 atom stereocenters. The van der Waals surface area contributed by atoms with Gasteiger partial charge in [-0.1, -0.05) is 59.9 Å². The monoisotopic (exact) mass is 403 g/mol. The van der Waals surface area contributed by atoms with Crippen molar-refractivity contribution in [3.63, 3.8) is 0 Å². The first kappa shape index (κ1) is 19.0. The number of para-hydroxylation sites is 2. The van der Waals surface area contributed by atoms with Crippen LogP contribution in [0.1, 0.15) is 20.9 Å². The van der Waals surface area contributed by atoms with Crippen LogP contribution in [-0.4, -0.2) is 18.0 Å². The number of carbonyl (C=O) groups excluding carboxylic acids is 1. The number of hydrogen-bond donors (Lipinski definition) is 2. The molecule has 146 valence electrons. The number of benzene rings is 3. The summed E-state index contributed by atoms with van der Waals surface area (Å²) in [6.07, 6.45) is 0. The van der Waals surface area contributed by atoms with Gasteiger partial charge in [0.05, 0.1) is 18.5 Å². The van der Waals surface area contributed by atoms with Gasteiger partial charge in [-0.3, -0.25) is 4.79 Å². The van der Waals surface area contributed by atoms with Gasteiger partial charge in [-0.05, 0) is 41.5 Å². The molecule has 5 nitrogen and oxygen atoms in total. The lowest BCUT2D eigenvalue weighted by molar-refractivity contribution is 0.0954. The molecule has 0 bridgehead atoms. The van der Waals surface area contributed by atoms with E-state index < -0.39 is 0 Å². The molecule has 0 saturated heterocycles. The summed E-state index contributed by atoms with van der Waals surface area (Å²) in [6.45, 7) is 2.31. The Labute approximate surface area is 173 Å². The van der Waals surface area contributed by atoms with Crippen molar-refractivity contribution in [2.45, 2.75) is 13.5 Å². The van der Waals surface area contributed by atoms with E-state index in [-0.39, 0.29) is 5.91 Å². The lowest BCUT2D eigenvalue weighted by Crippen LogP contribution is -2.22. The molecule has 0 aliphatic heterocycles. The molecular formula is C23H21N3O2S. The number of hydrogen-bond acceptors (Lipinski definition) is 5. The number of nitrogens with one attached hydrogen (secondary N) is 2. The van der Waals surface area contributed by atoms with E-state index in [9.17, 15) is 4.79 Å². The van der Waals surface area contributed by atoms with Crippen LogP contribution in [0.4, 0.5) is 10.8 Å². The van der Waals surface area contributed by atoms with E-state index >= 15 is 0 Å². The zero-order chi connectivity index (χ0) is 20.2. The van der Waals surface area contributed by atoms with Gasteiger partial charge < -0.3 is 15.4 Å². The largest absolute Gasteiger partial charge is 0.495 e. The first-order valence-electron chi connectivity index (χ1n) is 9.27. The van der Waals surface area contributed by atoms with Crippen LogP contribution in [-0.2, 0) is 6.54 Å². The highest BCUT2D eigenvalue weighted by Crippen LogP contribution is 2.30. The summed E-state index contributed by atoms with van der Waals surface area (Å²) in [5.41, 5.74) is 2.57. The first-order valence-corrected chi connectivity index (χ1v) is 10.1. The van der Waals surface area contributed by atoms with E-state index in [2.05, 4.69) is 39.9 Å². The minimum atomic E-state index is -0.124. The van der Waals surface area contributed by atoms with E-state index in [0.717, 1.165) is 22.4 Å². The highest BCUT2D eigenvalue weighted by atomic mass is 32.1. The minimum Gasteiger partial charge on any atom is -0.495 e. The maximum absolute atomic E-state index is 12.7. The number of thiazole rings is 1. The van der Waals surface area contributed by atoms with Crippen molar-refractivity contribution in [3.8, 4) is 5.75 Å². The lowest BCUT2D eigenvalue weighted by Gasteiger charge is -2.08. The van der Waals surface area contributed by atoms with Crippen molar-refractivity contribution < 1.29 is 9.53 Å². The number of aryl methyl sites for hydroxylation is 1. The fourth-order valence-electron chi connectivity index (χ4n) is 3.14. The van der Waals surface area contributed by atoms with Crippen molar-refractivity contribution in [1.82, 2.24) is 10.3 Å². The Morgan fingerprint density at radius 3 is 2.62 bits per heavy atom. The van der Waals surface area contributed by atoms with Gasteiger partial charge in [0.25, 0.3) is 5.91 Å². The van der Waals surface area contributed by atoms with Crippen molar-refractivity contribution in [1.29, 1.82) is 0 Å². The summed E-state index contributed by atoms with van der Waals surface area (Å²) in [7, 11) is 1.62. The zero-order valence-corrected chi connectivity index (χ0v) is 17.0. The number of aromatic nitrogens is 1. The fraction of sp³-hybridized carbons (Fsp3) is 0.130. The third-order valence-electron chi connectivity index (χ3n) is 4.62. The molecule has 0 unspecified atom stereocenters. The topological polar surface area (TPSA) is 63.2 Å². The summed E-state index contributed by atoms with van der Waals surface area (Å²) in [5, 5.41) is 9.24. The van der Waals surface area contributed by atoms with Crippen LogP contribution in [0, 0.1) is 6.92 Å². The van der Waals surface area contributed by atoms with Gasteiger partial charge >= 0.3 is 0 Å². The van der Waals surface area contributed by atoms with Gasteiger partial charge in [0, 0.05) is 6.54 Å². The predicted octanol–water partition coefficient (Wildman–Crippen LogP) is 5.29. The van der Waals surface area contributed by atoms with E-state index in [4.69, 9.17) is 4.74 Å². The number of anilines is 2. The molecule has 6 heteroatoms. The van der Waals surface area contributed by atoms with E-state index in [1.165, 1.54) is 16.7 Å². The Bertz CT molecular complexity index is 1170. The maximum Gasteiger partial charge on any atom is 0.263 e. The number of ether oxygens (including phenoxy) is 1. The Balaban J connectivity index is 1.46. The highest BCUT2D eigenvalue weighted by Gasteiger charge is 2.16. The van der Waals surface area contributed by atoms with Crippen LogP contribution in [0.5, 0.6) is 5.75 Å². The molecule has 1 amide bonds. The van der Waals surface area contributed by atoms with Gasteiger partial charge in [-0.15, -0.1) is 0 Å². The Morgan fingerprint density at radius 2 is 1.79 bits per heavy atom. The van der Waals surface area contributed by atoms with Crippen molar-refractivity contribution in [2.24, 2.45) is 0 Å². The molecule has 4 rings (SSSR count). The lowest BCUT2D eigenvalue weighted by atomic mass is 10.1. The van der Waals surface area contributed by atoms with Crippen LogP contribution in [0.25, 0.3) is 10.8 Å². The van der Waals surface area contributed by atoms with Crippen LogP contribution >= 0.6 is 11.3 Å². The molecule has 0 aliphatic carbocycles. The summed E-state index contributed by atoms with van der Waals surface area (Å²) >= 11 is 1.33. The molecule has 29 heavy (non-hydrogen) atoms. The summed E-state index contributed by atoms with van der Waals surface area (Å²) in [6, 6.07) is 22.0. The second-order valence-corrected chi connectivity index (χ2v) is 7.62. The van der Waals surface area contributed by atoms with Crippen LogP contribution in [0.2, 0.25) is 0 Å². The normalized spacial score (nSPS) is 10.7. The standard InChI is InChI=1S/C23H21N3O2S/c1-15-21(29-23(25-15)26-19-9-5-6-10-20(19)28-2)22(27)24-14-16-11-12-17-7-3-4-8-18(17)13-16/h3-13H,14H2,1-2H3,(H,24,27)(H,25,26). The second kappa shape index (κ2) is 8.32. The molecule has 0 aliphatic rings.